The first-order valence-corrected chi connectivity index (χ1v) is 8.34. The predicted molar refractivity (Wildman–Crippen MR) is 103 cm³/mol. The zero-order valence-electron chi connectivity index (χ0n) is 15.2. The molecule has 2 aromatic carbocycles. The first kappa shape index (κ1) is 18.4. The minimum atomic E-state index is -0.447. The van der Waals surface area contributed by atoms with Gasteiger partial charge in [0, 0.05) is 23.3 Å². The number of hydrogen-bond donors (Lipinski definition) is 3. The smallest absolute Gasteiger partial charge is 0.197 e. The second kappa shape index (κ2) is 7.07. The van der Waals surface area contributed by atoms with Gasteiger partial charge in [0.05, 0.1) is 7.11 Å². The van der Waals surface area contributed by atoms with Crippen molar-refractivity contribution in [1.29, 1.82) is 0 Å². The van der Waals surface area contributed by atoms with Gasteiger partial charge in [0.15, 0.2) is 16.9 Å². The first-order valence-electron chi connectivity index (χ1n) is 8.34. The molecule has 0 spiro atoms. The van der Waals surface area contributed by atoms with Gasteiger partial charge in [-0.15, -0.1) is 0 Å². The summed E-state index contributed by atoms with van der Waals surface area (Å²) in [4.78, 5) is 12.6. The molecule has 3 N–H and O–H groups in total. The van der Waals surface area contributed by atoms with Crippen LogP contribution >= 0.6 is 0 Å². The largest absolute Gasteiger partial charge is 0.507 e. The Balaban J connectivity index is 2.28. The Kier molecular flexibility index (Phi) is 4.81. The van der Waals surface area contributed by atoms with Gasteiger partial charge in [-0.2, -0.15) is 0 Å². The molecule has 1 heterocycles. The highest BCUT2D eigenvalue weighted by atomic mass is 16.5. The number of phenols is 3. The highest BCUT2D eigenvalue weighted by Gasteiger charge is 2.18. The van der Waals surface area contributed by atoms with E-state index >= 15 is 0 Å². The number of aromatic hydroxyl groups is 3. The number of phenolic OH excluding ortho intramolecular Hbond substituents is 3. The number of methoxy groups -OCH3 is 1. The summed E-state index contributed by atoms with van der Waals surface area (Å²) in [6.07, 6.45) is 2.22. The van der Waals surface area contributed by atoms with Crippen LogP contribution < -0.4 is 10.2 Å². The first-order chi connectivity index (χ1) is 12.8. The van der Waals surface area contributed by atoms with Crippen molar-refractivity contribution in [3.8, 4) is 34.3 Å². The summed E-state index contributed by atoms with van der Waals surface area (Å²) in [5.41, 5.74) is 1.57. The molecular formula is C21H20O6. The van der Waals surface area contributed by atoms with E-state index in [1.54, 1.807) is 12.1 Å². The summed E-state index contributed by atoms with van der Waals surface area (Å²) in [7, 11) is 1.44. The van der Waals surface area contributed by atoms with Gasteiger partial charge in [0.2, 0.25) is 0 Å². The van der Waals surface area contributed by atoms with Gasteiger partial charge in [-0.3, -0.25) is 4.79 Å². The third-order valence-electron chi connectivity index (χ3n) is 4.24. The van der Waals surface area contributed by atoms with Crippen LogP contribution in [0.3, 0.4) is 0 Å². The molecule has 1 aromatic heterocycles. The Morgan fingerprint density at radius 3 is 2.44 bits per heavy atom. The van der Waals surface area contributed by atoms with Gasteiger partial charge in [-0.25, -0.2) is 0 Å². The standard InChI is InChI=1S/C21H20O6/c1-11(2)4-6-13-14(22)9-16(24)20-17(25)10-19(27-21(13)20)12-5-7-18(26-3)15(23)8-12/h4-5,7-10,22-24H,6H2,1-3H3. The molecule has 0 amide bonds. The lowest BCUT2D eigenvalue weighted by atomic mass is 10.0. The Morgan fingerprint density at radius 1 is 1.07 bits per heavy atom. The summed E-state index contributed by atoms with van der Waals surface area (Å²) < 4.78 is 10.9. The second-order valence-corrected chi connectivity index (χ2v) is 6.44. The molecule has 0 radical (unpaired) electrons. The minimum absolute atomic E-state index is 0.00596. The van der Waals surface area contributed by atoms with Crippen molar-refractivity contribution < 1.29 is 24.5 Å². The van der Waals surface area contributed by atoms with Crippen molar-refractivity contribution in [2.75, 3.05) is 7.11 Å². The molecule has 0 atom stereocenters. The highest BCUT2D eigenvalue weighted by Crippen LogP contribution is 2.37. The molecule has 27 heavy (non-hydrogen) atoms. The van der Waals surface area contributed by atoms with Crippen molar-refractivity contribution in [2.24, 2.45) is 0 Å². The van der Waals surface area contributed by atoms with Gasteiger partial charge in [0.1, 0.15) is 28.2 Å². The van der Waals surface area contributed by atoms with Crippen LogP contribution in [0.4, 0.5) is 0 Å². The summed E-state index contributed by atoms with van der Waals surface area (Å²) in [5, 5.41) is 30.4. The van der Waals surface area contributed by atoms with Crippen molar-refractivity contribution in [3.05, 3.63) is 57.8 Å². The van der Waals surface area contributed by atoms with Crippen LogP contribution in [-0.4, -0.2) is 22.4 Å². The van der Waals surface area contributed by atoms with Gasteiger partial charge < -0.3 is 24.5 Å². The van der Waals surface area contributed by atoms with Crippen molar-refractivity contribution in [2.45, 2.75) is 20.3 Å². The summed E-state index contributed by atoms with van der Waals surface area (Å²) in [5.74, 6) is -0.103. The van der Waals surface area contributed by atoms with Crippen LogP contribution in [0.15, 0.2) is 51.2 Å². The maximum absolute atomic E-state index is 12.6. The Morgan fingerprint density at radius 2 is 1.81 bits per heavy atom. The van der Waals surface area contributed by atoms with E-state index < -0.39 is 5.43 Å². The zero-order chi connectivity index (χ0) is 19.7. The van der Waals surface area contributed by atoms with Crippen LogP contribution in [0.1, 0.15) is 19.4 Å². The molecule has 3 rings (SSSR count). The SMILES string of the molecule is COc1ccc(-c2cc(=O)c3c(O)cc(O)c(CC=C(C)C)c3o2)cc1O. The number of hydrogen-bond acceptors (Lipinski definition) is 6. The van der Waals surface area contributed by atoms with E-state index in [0.29, 0.717) is 23.3 Å². The van der Waals surface area contributed by atoms with E-state index in [1.807, 2.05) is 19.9 Å². The molecule has 0 bridgehead atoms. The summed E-state index contributed by atoms with van der Waals surface area (Å²) >= 11 is 0. The summed E-state index contributed by atoms with van der Waals surface area (Å²) in [6, 6.07) is 7.00. The maximum Gasteiger partial charge on any atom is 0.197 e. The lowest BCUT2D eigenvalue weighted by Gasteiger charge is -2.11. The van der Waals surface area contributed by atoms with Crippen LogP contribution in [0.5, 0.6) is 23.0 Å². The molecular weight excluding hydrogens is 348 g/mol. The number of fused-ring (bicyclic) bond motifs is 1. The van der Waals surface area contributed by atoms with Gasteiger partial charge >= 0.3 is 0 Å². The van der Waals surface area contributed by atoms with E-state index in [4.69, 9.17) is 9.15 Å². The Bertz CT molecular complexity index is 1100. The average molecular weight is 368 g/mol. The number of allylic oxidation sites excluding steroid dienone is 2. The van der Waals surface area contributed by atoms with Crippen LogP contribution in [0, 0.1) is 0 Å². The monoisotopic (exact) mass is 368 g/mol. The zero-order valence-corrected chi connectivity index (χ0v) is 15.2. The summed E-state index contributed by atoms with van der Waals surface area (Å²) in [6.45, 7) is 3.84. The van der Waals surface area contributed by atoms with Crippen LogP contribution in [0.25, 0.3) is 22.3 Å². The van der Waals surface area contributed by atoms with E-state index in [0.717, 1.165) is 11.6 Å². The lowest BCUT2D eigenvalue weighted by Crippen LogP contribution is -2.03. The number of ether oxygens (including phenoxy) is 1. The molecule has 6 heteroatoms. The third-order valence-corrected chi connectivity index (χ3v) is 4.24. The molecule has 0 fully saturated rings. The van der Waals surface area contributed by atoms with Gasteiger partial charge in [-0.05, 0) is 38.5 Å². The van der Waals surface area contributed by atoms with Crippen LogP contribution in [-0.2, 0) is 6.42 Å². The Labute approximate surface area is 155 Å². The van der Waals surface area contributed by atoms with E-state index in [-0.39, 0.29) is 34.0 Å². The normalized spacial score (nSPS) is 10.8. The molecule has 0 aliphatic heterocycles. The topological polar surface area (TPSA) is 100 Å². The van der Waals surface area contributed by atoms with Crippen molar-refractivity contribution >= 4 is 11.0 Å². The molecule has 140 valence electrons. The molecule has 0 saturated heterocycles. The minimum Gasteiger partial charge on any atom is -0.507 e. The highest BCUT2D eigenvalue weighted by molar-refractivity contribution is 5.89. The quantitative estimate of drug-likeness (QED) is 0.600. The lowest BCUT2D eigenvalue weighted by molar-refractivity contribution is 0.373. The molecule has 3 aromatic rings. The maximum atomic E-state index is 12.6. The van der Waals surface area contributed by atoms with Gasteiger partial charge in [0.25, 0.3) is 0 Å². The number of rotatable bonds is 4. The number of benzene rings is 2. The fraction of sp³-hybridized carbons (Fsp3) is 0.190. The molecule has 0 unspecified atom stereocenters. The van der Waals surface area contributed by atoms with Gasteiger partial charge in [-0.1, -0.05) is 11.6 Å². The molecule has 0 saturated carbocycles. The van der Waals surface area contributed by atoms with E-state index in [9.17, 15) is 20.1 Å². The predicted octanol–water partition coefficient (Wildman–Crippen LogP) is 4.09. The molecule has 0 aliphatic rings. The third kappa shape index (κ3) is 3.46. The fourth-order valence-electron chi connectivity index (χ4n) is 2.84. The van der Waals surface area contributed by atoms with Crippen LogP contribution in [0.2, 0.25) is 0 Å². The van der Waals surface area contributed by atoms with E-state index in [1.165, 1.54) is 19.2 Å². The van der Waals surface area contributed by atoms with E-state index in [2.05, 4.69) is 0 Å². The van der Waals surface area contributed by atoms with Crippen molar-refractivity contribution in [1.82, 2.24) is 0 Å². The average Bonchev–Trinajstić information content (AvgIpc) is 2.60. The molecule has 0 aliphatic carbocycles. The van der Waals surface area contributed by atoms with Crippen molar-refractivity contribution in [3.63, 3.8) is 0 Å². The Hall–Kier alpha value is -3.41. The molecule has 6 nitrogen and oxygen atoms in total. The second-order valence-electron chi connectivity index (χ2n) is 6.44. The fourth-order valence-corrected chi connectivity index (χ4v) is 2.84.